The van der Waals surface area contributed by atoms with Crippen molar-refractivity contribution in [2.75, 3.05) is 6.54 Å². The lowest BCUT2D eigenvalue weighted by atomic mass is 10.2. The number of rotatable bonds is 6. The van der Waals surface area contributed by atoms with Gasteiger partial charge in [0.1, 0.15) is 5.02 Å². The Morgan fingerprint density at radius 2 is 2.20 bits per heavy atom. The first kappa shape index (κ1) is 14.8. The fourth-order valence-electron chi connectivity index (χ4n) is 1.69. The number of hydrogen-bond donors (Lipinski definition) is 2. The molecule has 0 aromatic carbocycles. The predicted octanol–water partition coefficient (Wildman–Crippen LogP) is 3.30. The molecule has 0 fully saturated rings. The molecule has 0 spiro atoms. The summed E-state index contributed by atoms with van der Waals surface area (Å²) in [5.74, 6) is 1.44. The van der Waals surface area contributed by atoms with Crippen LogP contribution in [0.2, 0.25) is 5.02 Å². The van der Waals surface area contributed by atoms with Crippen molar-refractivity contribution in [2.45, 2.75) is 27.3 Å². The van der Waals surface area contributed by atoms with Crippen LogP contribution in [0.4, 0.5) is 0 Å². The highest BCUT2D eigenvalue weighted by molar-refractivity contribution is 6.31. The summed E-state index contributed by atoms with van der Waals surface area (Å²) in [6.07, 6.45) is 1.76. The van der Waals surface area contributed by atoms with Gasteiger partial charge in [-0.2, -0.15) is 0 Å². The number of aromatic amines is 1. The summed E-state index contributed by atoms with van der Waals surface area (Å²) in [6.45, 7) is 7.94. The van der Waals surface area contributed by atoms with Gasteiger partial charge in [0.25, 0.3) is 0 Å². The maximum atomic E-state index is 6.17. The van der Waals surface area contributed by atoms with Gasteiger partial charge in [-0.15, -0.1) is 5.10 Å². The molecule has 0 aliphatic heterocycles. The number of aromatic nitrogens is 3. The van der Waals surface area contributed by atoms with Gasteiger partial charge in [0.15, 0.2) is 0 Å². The molecule has 2 rings (SSSR count). The van der Waals surface area contributed by atoms with Crippen molar-refractivity contribution in [3.05, 3.63) is 34.6 Å². The second kappa shape index (κ2) is 6.72. The van der Waals surface area contributed by atoms with E-state index in [0.717, 1.165) is 24.3 Å². The second-order valence-corrected chi connectivity index (χ2v) is 5.55. The average molecular weight is 295 g/mol. The Labute approximate surface area is 123 Å². The SMILES string of the molecule is Cc1cc(Oc2ncc(CNCC(C)C)cc2Cl)n[nH]1. The van der Waals surface area contributed by atoms with Crippen molar-refractivity contribution >= 4 is 11.6 Å². The molecule has 20 heavy (non-hydrogen) atoms. The van der Waals surface area contributed by atoms with Crippen LogP contribution in [0, 0.1) is 12.8 Å². The smallest absolute Gasteiger partial charge is 0.240 e. The zero-order chi connectivity index (χ0) is 14.5. The largest absolute Gasteiger partial charge is 0.417 e. The Kier molecular flexibility index (Phi) is 4.98. The van der Waals surface area contributed by atoms with E-state index >= 15 is 0 Å². The first-order chi connectivity index (χ1) is 9.54. The molecule has 0 bridgehead atoms. The van der Waals surface area contributed by atoms with Gasteiger partial charge in [-0.25, -0.2) is 4.98 Å². The molecule has 0 unspecified atom stereocenters. The Balaban J connectivity index is 1.98. The fourth-order valence-corrected chi connectivity index (χ4v) is 1.91. The van der Waals surface area contributed by atoms with Gasteiger partial charge >= 0.3 is 0 Å². The van der Waals surface area contributed by atoms with Crippen molar-refractivity contribution in [3.8, 4) is 11.8 Å². The lowest BCUT2D eigenvalue weighted by Crippen LogP contribution is -2.19. The molecular weight excluding hydrogens is 276 g/mol. The zero-order valence-electron chi connectivity index (χ0n) is 11.9. The number of pyridine rings is 1. The third-order valence-electron chi connectivity index (χ3n) is 2.63. The average Bonchev–Trinajstić information content (AvgIpc) is 2.78. The van der Waals surface area contributed by atoms with Gasteiger partial charge in [0, 0.05) is 24.5 Å². The summed E-state index contributed by atoms with van der Waals surface area (Å²) in [5, 5.41) is 10.6. The molecule has 0 saturated heterocycles. The monoisotopic (exact) mass is 294 g/mol. The maximum Gasteiger partial charge on any atom is 0.240 e. The number of halogens is 1. The minimum absolute atomic E-state index is 0.366. The summed E-state index contributed by atoms with van der Waals surface area (Å²) in [5.41, 5.74) is 1.95. The summed E-state index contributed by atoms with van der Waals surface area (Å²) in [7, 11) is 0. The van der Waals surface area contributed by atoms with E-state index in [1.54, 1.807) is 12.3 Å². The highest BCUT2D eigenvalue weighted by atomic mass is 35.5. The Bertz CT molecular complexity index is 568. The van der Waals surface area contributed by atoms with Gasteiger partial charge in [0.2, 0.25) is 11.8 Å². The van der Waals surface area contributed by atoms with E-state index in [-0.39, 0.29) is 0 Å². The molecule has 5 nitrogen and oxygen atoms in total. The molecule has 0 atom stereocenters. The molecule has 2 aromatic rings. The van der Waals surface area contributed by atoms with Crippen LogP contribution >= 0.6 is 11.6 Å². The van der Waals surface area contributed by atoms with E-state index in [0.29, 0.717) is 22.7 Å². The van der Waals surface area contributed by atoms with Gasteiger partial charge < -0.3 is 10.1 Å². The molecular formula is C14H19ClN4O. The third kappa shape index (κ3) is 4.21. The van der Waals surface area contributed by atoms with Crippen LogP contribution in [0.5, 0.6) is 11.8 Å². The van der Waals surface area contributed by atoms with Gasteiger partial charge in [-0.05, 0) is 31.0 Å². The summed E-state index contributed by atoms with van der Waals surface area (Å²) in [4.78, 5) is 4.23. The van der Waals surface area contributed by atoms with E-state index in [1.165, 1.54) is 0 Å². The lowest BCUT2D eigenvalue weighted by molar-refractivity contribution is 0.443. The second-order valence-electron chi connectivity index (χ2n) is 5.15. The van der Waals surface area contributed by atoms with E-state index in [1.807, 2.05) is 13.0 Å². The van der Waals surface area contributed by atoms with E-state index in [4.69, 9.17) is 16.3 Å². The molecule has 0 radical (unpaired) electrons. The van der Waals surface area contributed by atoms with Crippen LogP contribution < -0.4 is 10.1 Å². The highest BCUT2D eigenvalue weighted by Gasteiger charge is 2.08. The molecule has 0 aliphatic rings. The maximum absolute atomic E-state index is 6.17. The summed E-state index contributed by atoms with van der Waals surface area (Å²) in [6, 6.07) is 3.65. The molecule has 2 aromatic heterocycles. The van der Waals surface area contributed by atoms with Crippen LogP contribution in [-0.4, -0.2) is 21.7 Å². The first-order valence-electron chi connectivity index (χ1n) is 6.59. The van der Waals surface area contributed by atoms with E-state index in [2.05, 4.69) is 34.3 Å². The van der Waals surface area contributed by atoms with Gasteiger partial charge in [0.05, 0.1) is 0 Å². The standard InChI is InChI=1S/C14H19ClN4O/c1-9(2)6-16-7-11-5-12(15)14(17-8-11)20-13-4-10(3)18-19-13/h4-5,8-9,16H,6-7H2,1-3H3,(H,18,19). The van der Waals surface area contributed by atoms with Gasteiger partial charge in [-0.3, -0.25) is 5.10 Å². The molecule has 0 amide bonds. The minimum Gasteiger partial charge on any atom is -0.417 e. The number of aryl methyl sites for hydroxylation is 1. The number of ether oxygens (including phenoxy) is 1. The van der Waals surface area contributed by atoms with Crippen molar-refractivity contribution < 1.29 is 4.74 Å². The lowest BCUT2D eigenvalue weighted by Gasteiger charge is -2.09. The van der Waals surface area contributed by atoms with Crippen LogP contribution in [0.3, 0.4) is 0 Å². The predicted molar refractivity (Wildman–Crippen MR) is 79.2 cm³/mol. The van der Waals surface area contributed by atoms with Gasteiger partial charge in [-0.1, -0.05) is 25.4 Å². The number of nitrogens with one attached hydrogen (secondary N) is 2. The molecule has 108 valence electrons. The fraction of sp³-hybridized carbons (Fsp3) is 0.429. The summed E-state index contributed by atoms with van der Waals surface area (Å²) < 4.78 is 5.52. The Morgan fingerprint density at radius 3 is 2.80 bits per heavy atom. The Hall–Kier alpha value is -1.59. The molecule has 2 heterocycles. The topological polar surface area (TPSA) is 62.8 Å². The highest BCUT2D eigenvalue weighted by Crippen LogP contribution is 2.26. The van der Waals surface area contributed by atoms with Crippen molar-refractivity contribution in [2.24, 2.45) is 5.92 Å². The molecule has 0 aliphatic carbocycles. The minimum atomic E-state index is 0.366. The van der Waals surface area contributed by atoms with Crippen LogP contribution in [0.25, 0.3) is 0 Å². The van der Waals surface area contributed by atoms with Crippen molar-refractivity contribution in [1.82, 2.24) is 20.5 Å². The first-order valence-corrected chi connectivity index (χ1v) is 6.97. The van der Waals surface area contributed by atoms with Crippen molar-refractivity contribution in [3.63, 3.8) is 0 Å². The zero-order valence-corrected chi connectivity index (χ0v) is 12.7. The quantitative estimate of drug-likeness (QED) is 0.858. The van der Waals surface area contributed by atoms with Crippen LogP contribution in [0.15, 0.2) is 18.3 Å². The number of nitrogens with zero attached hydrogens (tertiary/aromatic N) is 2. The third-order valence-corrected chi connectivity index (χ3v) is 2.90. The van der Waals surface area contributed by atoms with Crippen LogP contribution in [-0.2, 0) is 6.54 Å². The number of hydrogen-bond acceptors (Lipinski definition) is 4. The molecule has 0 saturated carbocycles. The normalized spacial score (nSPS) is 11.1. The summed E-state index contributed by atoms with van der Waals surface area (Å²) >= 11 is 6.17. The van der Waals surface area contributed by atoms with E-state index in [9.17, 15) is 0 Å². The number of H-pyrrole nitrogens is 1. The van der Waals surface area contributed by atoms with E-state index < -0.39 is 0 Å². The van der Waals surface area contributed by atoms with Crippen LogP contribution in [0.1, 0.15) is 25.1 Å². The Morgan fingerprint density at radius 1 is 1.40 bits per heavy atom. The molecule has 2 N–H and O–H groups in total. The molecule has 6 heteroatoms. The van der Waals surface area contributed by atoms with Crippen molar-refractivity contribution in [1.29, 1.82) is 0 Å².